The minimum atomic E-state index is 0.157. The molecule has 1 aromatic heterocycles. The van der Waals surface area contributed by atoms with Gasteiger partial charge in [-0.05, 0) is 13.0 Å². The van der Waals surface area contributed by atoms with Crippen LogP contribution < -0.4 is 5.32 Å². The van der Waals surface area contributed by atoms with E-state index in [4.69, 9.17) is 5.11 Å². The van der Waals surface area contributed by atoms with Gasteiger partial charge >= 0.3 is 0 Å². The van der Waals surface area contributed by atoms with E-state index in [1.807, 2.05) is 13.0 Å². The van der Waals surface area contributed by atoms with E-state index in [-0.39, 0.29) is 6.61 Å². The molecule has 1 heterocycles. The monoisotopic (exact) mass is 167 g/mol. The average Bonchev–Trinajstić information content (AvgIpc) is 2.05. The lowest BCUT2D eigenvalue weighted by Crippen LogP contribution is -2.18. The largest absolute Gasteiger partial charge is 0.395 e. The molecule has 0 saturated carbocycles. The third-order valence-corrected chi connectivity index (χ3v) is 1.43. The molecule has 0 bridgehead atoms. The van der Waals surface area contributed by atoms with Crippen LogP contribution in [-0.2, 0) is 6.54 Å². The Hall–Kier alpha value is -1.00. The van der Waals surface area contributed by atoms with E-state index in [2.05, 4.69) is 15.3 Å². The van der Waals surface area contributed by atoms with Crippen molar-refractivity contribution in [2.45, 2.75) is 13.5 Å². The van der Waals surface area contributed by atoms with E-state index in [0.29, 0.717) is 13.1 Å². The minimum absolute atomic E-state index is 0.157. The summed E-state index contributed by atoms with van der Waals surface area (Å²) in [7, 11) is 0. The Kier molecular flexibility index (Phi) is 3.63. The van der Waals surface area contributed by atoms with Crippen LogP contribution in [0.15, 0.2) is 12.3 Å². The van der Waals surface area contributed by atoms with Crippen molar-refractivity contribution in [3.8, 4) is 0 Å². The SMILES string of the molecule is Cc1nccc(CNCCO)n1. The zero-order valence-corrected chi connectivity index (χ0v) is 7.12. The quantitative estimate of drug-likeness (QED) is 0.613. The molecule has 0 unspecified atom stereocenters. The Morgan fingerprint density at radius 2 is 2.42 bits per heavy atom. The summed E-state index contributed by atoms with van der Waals surface area (Å²) in [5.41, 5.74) is 0.955. The van der Waals surface area contributed by atoms with Crippen molar-refractivity contribution in [2.24, 2.45) is 0 Å². The van der Waals surface area contributed by atoms with E-state index in [0.717, 1.165) is 11.5 Å². The molecule has 0 spiro atoms. The summed E-state index contributed by atoms with van der Waals surface area (Å²) in [5, 5.41) is 11.5. The van der Waals surface area contributed by atoms with Crippen LogP contribution in [0.4, 0.5) is 0 Å². The fourth-order valence-corrected chi connectivity index (χ4v) is 0.899. The summed E-state index contributed by atoms with van der Waals surface area (Å²) in [6.45, 7) is 3.30. The molecule has 1 aromatic rings. The van der Waals surface area contributed by atoms with Crippen molar-refractivity contribution in [2.75, 3.05) is 13.2 Å². The number of nitrogens with zero attached hydrogens (tertiary/aromatic N) is 2. The van der Waals surface area contributed by atoms with Crippen LogP contribution in [0, 0.1) is 6.92 Å². The molecule has 0 radical (unpaired) electrons. The maximum absolute atomic E-state index is 8.50. The summed E-state index contributed by atoms with van der Waals surface area (Å²) in [6.07, 6.45) is 1.73. The highest BCUT2D eigenvalue weighted by atomic mass is 16.3. The number of hydrogen-bond donors (Lipinski definition) is 2. The molecule has 0 atom stereocenters. The third-order valence-electron chi connectivity index (χ3n) is 1.43. The fourth-order valence-electron chi connectivity index (χ4n) is 0.899. The maximum atomic E-state index is 8.50. The van der Waals surface area contributed by atoms with Crippen molar-refractivity contribution in [3.63, 3.8) is 0 Å². The number of aromatic nitrogens is 2. The van der Waals surface area contributed by atoms with Crippen molar-refractivity contribution in [1.29, 1.82) is 0 Å². The summed E-state index contributed by atoms with van der Waals surface area (Å²) >= 11 is 0. The normalized spacial score (nSPS) is 10.2. The van der Waals surface area contributed by atoms with Gasteiger partial charge in [0.2, 0.25) is 0 Å². The van der Waals surface area contributed by atoms with Gasteiger partial charge < -0.3 is 10.4 Å². The first kappa shape index (κ1) is 9.09. The van der Waals surface area contributed by atoms with E-state index in [1.54, 1.807) is 6.20 Å². The molecule has 0 aliphatic carbocycles. The maximum Gasteiger partial charge on any atom is 0.125 e. The average molecular weight is 167 g/mol. The van der Waals surface area contributed by atoms with Crippen molar-refractivity contribution < 1.29 is 5.11 Å². The summed E-state index contributed by atoms with van der Waals surface area (Å²) in [6, 6.07) is 1.86. The first-order valence-electron chi connectivity index (χ1n) is 3.93. The predicted octanol–water partition coefficient (Wildman–Crippen LogP) is -0.133. The van der Waals surface area contributed by atoms with E-state index in [9.17, 15) is 0 Å². The second-order valence-corrected chi connectivity index (χ2v) is 2.50. The van der Waals surface area contributed by atoms with E-state index < -0.39 is 0 Å². The van der Waals surface area contributed by atoms with Crippen LogP contribution in [0.5, 0.6) is 0 Å². The Balaban J connectivity index is 2.41. The highest BCUT2D eigenvalue weighted by Crippen LogP contribution is 1.92. The van der Waals surface area contributed by atoms with Gasteiger partial charge in [-0.1, -0.05) is 0 Å². The Morgan fingerprint density at radius 3 is 3.08 bits per heavy atom. The molecule has 0 aromatic carbocycles. The van der Waals surface area contributed by atoms with Gasteiger partial charge in [0.1, 0.15) is 5.82 Å². The predicted molar refractivity (Wildman–Crippen MR) is 45.6 cm³/mol. The van der Waals surface area contributed by atoms with Gasteiger partial charge in [-0.25, -0.2) is 9.97 Å². The number of nitrogens with one attached hydrogen (secondary N) is 1. The van der Waals surface area contributed by atoms with Crippen LogP contribution in [0.3, 0.4) is 0 Å². The smallest absolute Gasteiger partial charge is 0.125 e. The summed E-state index contributed by atoms with van der Waals surface area (Å²) < 4.78 is 0. The van der Waals surface area contributed by atoms with E-state index >= 15 is 0 Å². The van der Waals surface area contributed by atoms with Gasteiger partial charge in [0.05, 0.1) is 12.3 Å². The molecule has 2 N–H and O–H groups in total. The van der Waals surface area contributed by atoms with Gasteiger partial charge in [0.25, 0.3) is 0 Å². The van der Waals surface area contributed by atoms with Crippen LogP contribution in [0.25, 0.3) is 0 Å². The number of rotatable bonds is 4. The summed E-state index contributed by atoms with van der Waals surface area (Å²) in [5.74, 6) is 0.776. The first-order chi connectivity index (χ1) is 5.83. The highest BCUT2D eigenvalue weighted by Gasteiger charge is 1.93. The van der Waals surface area contributed by atoms with Crippen molar-refractivity contribution in [3.05, 3.63) is 23.8 Å². The Labute approximate surface area is 71.7 Å². The molecule has 1 rings (SSSR count). The number of aliphatic hydroxyl groups is 1. The molecule has 0 aliphatic heterocycles. The highest BCUT2D eigenvalue weighted by molar-refractivity contribution is 5.00. The lowest BCUT2D eigenvalue weighted by Gasteiger charge is -2.01. The lowest BCUT2D eigenvalue weighted by atomic mass is 10.4. The van der Waals surface area contributed by atoms with Crippen LogP contribution >= 0.6 is 0 Å². The molecular weight excluding hydrogens is 154 g/mol. The number of aliphatic hydroxyl groups excluding tert-OH is 1. The zero-order chi connectivity index (χ0) is 8.81. The summed E-state index contributed by atoms with van der Waals surface area (Å²) in [4.78, 5) is 8.17. The Bertz CT molecular complexity index is 239. The van der Waals surface area contributed by atoms with Crippen molar-refractivity contribution in [1.82, 2.24) is 15.3 Å². The molecule has 12 heavy (non-hydrogen) atoms. The van der Waals surface area contributed by atoms with Crippen LogP contribution in [0.2, 0.25) is 0 Å². The molecule has 0 fully saturated rings. The fraction of sp³-hybridized carbons (Fsp3) is 0.500. The molecule has 4 heteroatoms. The zero-order valence-electron chi connectivity index (χ0n) is 7.12. The van der Waals surface area contributed by atoms with Gasteiger partial charge in [-0.15, -0.1) is 0 Å². The molecule has 4 nitrogen and oxygen atoms in total. The van der Waals surface area contributed by atoms with Crippen molar-refractivity contribution >= 4 is 0 Å². The van der Waals surface area contributed by atoms with Gasteiger partial charge in [0.15, 0.2) is 0 Å². The Morgan fingerprint density at radius 1 is 1.58 bits per heavy atom. The first-order valence-corrected chi connectivity index (χ1v) is 3.93. The molecule has 0 aliphatic rings. The van der Waals surface area contributed by atoms with Gasteiger partial charge in [-0.2, -0.15) is 0 Å². The number of hydrogen-bond acceptors (Lipinski definition) is 4. The molecule has 0 saturated heterocycles. The minimum Gasteiger partial charge on any atom is -0.395 e. The molecular formula is C8H13N3O. The van der Waals surface area contributed by atoms with Crippen LogP contribution in [0.1, 0.15) is 11.5 Å². The molecule has 0 amide bonds. The number of aryl methyl sites for hydroxylation is 1. The van der Waals surface area contributed by atoms with Crippen LogP contribution in [-0.4, -0.2) is 28.2 Å². The standard InChI is InChI=1S/C8H13N3O/c1-7-10-3-2-8(11-7)6-9-4-5-12/h2-3,9,12H,4-6H2,1H3. The molecule has 66 valence electrons. The topological polar surface area (TPSA) is 58.0 Å². The van der Waals surface area contributed by atoms with Gasteiger partial charge in [0, 0.05) is 19.3 Å². The lowest BCUT2D eigenvalue weighted by molar-refractivity contribution is 0.291. The van der Waals surface area contributed by atoms with Gasteiger partial charge in [-0.3, -0.25) is 0 Å². The van der Waals surface area contributed by atoms with E-state index in [1.165, 1.54) is 0 Å². The third kappa shape index (κ3) is 2.94. The second-order valence-electron chi connectivity index (χ2n) is 2.50. The second kappa shape index (κ2) is 4.79.